The molecule has 0 aliphatic rings. The van der Waals surface area contributed by atoms with E-state index in [-0.39, 0.29) is 11.3 Å². The molecule has 0 amide bonds. The van der Waals surface area contributed by atoms with Gasteiger partial charge >= 0.3 is 11.3 Å². The van der Waals surface area contributed by atoms with Crippen molar-refractivity contribution in [3.05, 3.63) is 81.5 Å². The lowest BCUT2D eigenvalue weighted by Crippen LogP contribution is -1.99. The fraction of sp³-hybridized carbons (Fsp3) is 0.357. The zero-order valence-electron chi connectivity index (χ0n) is 19.3. The third-order valence-corrected chi connectivity index (χ3v) is 5.77. The molecule has 2 aromatic carbocycles. The molecule has 178 valence electrons. The number of fused-ring (bicyclic) bond motifs is 2. The van der Waals surface area contributed by atoms with Crippen molar-refractivity contribution in [3.8, 4) is 11.5 Å². The fourth-order valence-electron chi connectivity index (χ4n) is 3.91. The summed E-state index contributed by atoms with van der Waals surface area (Å²) in [6, 6.07) is 17.5. The maximum atomic E-state index is 11.3. The van der Waals surface area contributed by atoms with Gasteiger partial charge in [-0.3, -0.25) is 0 Å². The second-order valence-electron chi connectivity index (χ2n) is 8.43. The van der Waals surface area contributed by atoms with Crippen LogP contribution in [0, 0.1) is 0 Å². The number of hydrogen-bond acceptors (Lipinski definition) is 6. The van der Waals surface area contributed by atoms with Gasteiger partial charge in [0, 0.05) is 35.0 Å². The van der Waals surface area contributed by atoms with Gasteiger partial charge in [-0.15, -0.1) is 0 Å². The van der Waals surface area contributed by atoms with Gasteiger partial charge in [0.25, 0.3) is 0 Å². The molecule has 0 radical (unpaired) electrons. The zero-order chi connectivity index (χ0) is 23.6. The van der Waals surface area contributed by atoms with Gasteiger partial charge < -0.3 is 18.3 Å². The topological polar surface area (TPSA) is 78.9 Å². The summed E-state index contributed by atoms with van der Waals surface area (Å²) < 4.78 is 22.0. The van der Waals surface area contributed by atoms with Crippen molar-refractivity contribution >= 4 is 21.9 Å². The van der Waals surface area contributed by atoms with Gasteiger partial charge in [0.05, 0.1) is 13.2 Å². The normalized spacial score (nSPS) is 11.2. The standard InChI is InChI=1S/C28H30O6/c29-27-15-11-21-9-13-23(19-25(21)33-27)31-17-7-5-3-1-2-4-6-8-18-32-24-14-10-22-12-16-28(30)34-26(22)20-24/h9-16,19-20H,1-8,17-18H2. The summed E-state index contributed by atoms with van der Waals surface area (Å²) >= 11 is 0. The zero-order valence-corrected chi connectivity index (χ0v) is 19.3. The van der Waals surface area contributed by atoms with Crippen LogP contribution in [0.15, 0.2) is 79.1 Å². The van der Waals surface area contributed by atoms with Crippen LogP contribution in [0.2, 0.25) is 0 Å². The highest BCUT2D eigenvalue weighted by Gasteiger charge is 2.02. The minimum atomic E-state index is -0.349. The smallest absolute Gasteiger partial charge is 0.336 e. The molecular formula is C28H30O6. The van der Waals surface area contributed by atoms with Crippen LogP contribution in [0.25, 0.3) is 21.9 Å². The number of benzene rings is 2. The van der Waals surface area contributed by atoms with E-state index in [2.05, 4.69) is 0 Å². The molecule has 0 atom stereocenters. The molecule has 0 saturated heterocycles. The van der Waals surface area contributed by atoms with E-state index in [0.29, 0.717) is 24.4 Å². The molecule has 0 N–H and O–H groups in total. The molecule has 6 heteroatoms. The van der Waals surface area contributed by atoms with Crippen LogP contribution < -0.4 is 20.7 Å². The van der Waals surface area contributed by atoms with Crippen LogP contribution in [0.4, 0.5) is 0 Å². The predicted octanol–water partition coefficient (Wildman–Crippen LogP) is 6.48. The number of ether oxygens (including phenoxy) is 2. The first-order valence-corrected chi connectivity index (χ1v) is 12.0. The van der Waals surface area contributed by atoms with Crippen molar-refractivity contribution in [3.63, 3.8) is 0 Å². The highest BCUT2D eigenvalue weighted by molar-refractivity contribution is 5.78. The Bertz CT molecular complexity index is 1220. The molecule has 0 unspecified atom stereocenters. The molecule has 6 nitrogen and oxygen atoms in total. The molecule has 0 spiro atoms. The van der Waals surface area contributed by atoms with E-state index >= 15 is 0 Å². The molecule has 4 rings (SSSR count). The minimum Gasteiger partial charge on any atom is -0.493 e. The van der Waals surface area contributed by atoms with E-state index in [9.17, 15) is 9.59 Å². The van der Waals surface area contributed by atoms with Crippen LogP contribution in [-0.2, 0) is 0 Å². The highest BCUT2D eigenvalue weighted by Crippen LogP contribution is 2.21. The van der Waals surface area contributed by atoms with Crippen molar-refractivity contribution in [1.82, 2.24) is 0 Å². The molecule has 4 aromatic rings. The van der Waals surface area contributed by atoms with Gasteiger partial charge in [-0.1, -0.05) is 38.5 Å². The van der Waals surface area contributed by atoms with Gasteiger partial charge in [0.2, 0.25) is 0 Å². The lowest BCUT2D eigenvalue weighted by molar-refractivity contribution is 0.301. The molecule has 0 aliphatic heterocycles. The third-order valence-electron chi connectivity index (χ3n) is 5.77. The maximum Gasteiger partial charge on any atom is 0.336 e. The van der Waals surface area contributed by atoms with Crippen LogP contribution in [0.3, 0.4) is 0 Å². The van der Waals surface area contributed by atoms with Crippen molar-refractivity contribution in [1.29, 1.82) is 0 Å². The van der Waals surface area contributed by atoms with E-state index < -0.39 is 0 Å². The van der Waals surface area contributed by atoms with Crippen molar-refractivity contribution in [2.45, 2.75) is 51.4 Å². The summed E-state index contributed by atoms with van der Waals surface area (Å²) in [7, 11) is 0. The van der Waals surface area contributed by atoms with E-state index in [1.54, 1.807) is 24.3 Å². The molecule has 2 heterocycles. The Balaban J connectivity index is 1.01. The third kappa shape index (κ3) is 6.98. The van der Waals surface area contributed by atoms with Gasteiger partial charge in [-0.05, 0) is 49.2 Å². The van der Waals surface area contributed by atoms with E-state index in [1.807, 2.05) is 24.3 Å². The quantitative estimate of drug-likeness (QED) is 0.167. The number of hydrogen-bond donors (Lipinski definition) is 0. The van der Waals surface area contributed by atoms with Crippen molar-refractivity contribution in [2.24, 2.45) is 0 Å². The first kappa shape index (κ1) is 23.6. The van der Waals surface area contributed by atoms with E-state index in [1.165, 1.54) is 37.8 Å². The molecule has 34 heavy (non-hydrogen) atoms. The lowest BCUT2D eigenvalue weighted by Gasteiger charge is -2.07. The Labute approximate surface area is 198 Å². The maximum absolute atomic E-state index is 11.3. The van der Waals surface area contributed by atoms with Gasteiger partial charge in [0.1, 0.15) is 22.7 Å². The average molecular weight is 463 g/mol. The van der Waals surface area contributed by atoms with Crippen LogP contribution in [0.1, 0.15) is 51.4 Å². The molecular weight excluding hydrogens is 432 g/mol. The summed E-state index contributed by atoms with van der Waals surface area (Å²) in [5.41, 5.74) is 0.415. The van der Waals surface area contributed by atoms with Crippen LogP contribution >= 0.6 is 0 Å². The van der Waals surface area contributed by atoms with Gasteiger partial charge in [-0.2, -0.15) is 0 Å². The van der Waals surface area contributed by atoms with Crippen molar-refractivity contribution < 1.29 is 18.3 Å². The Kier molecular flexibility index (Phi) is 8.38. The highest BCUT2D eigenvalue weighted by atomic mass is 16.5. The first-order chi connectivity index (χ1) is 16.7. The summed E-state index contributed by atoms with van der Waals surface area (Å²) in [5, 5.41) is 1.78. The minimum absolute atomic E-state index is 0.349. The second kappa shape index (κ2) is 12.1. The van der Waals surface area contributed by atoms with E-state index in [0.717, 1.165) is 48.0 Å². The van der Waals surface area contributed by atoms with E-state index in [4.69, 9.17) is 18.3 Å². The fourth-order valence-corrected chi connectivity index (χ4v) is 3.91. The molecule has 2 aromatic heterocycles. The summed E-state index contributed by atoms with van der Waals surface area (Å²) in [6.07, 6.45) is 9.17. The predicted molar refractivity (Wildman–Crippen MR) is 133 cm³/mol. The van der Waals surface area contributed by atoms with Crippen molar-refractivity contribution in [2.75, 3.05) is 13.2 Å². The molecule has 0 aliphatic carbocycles. The van der Waals surface area contributed by atoms with Crippen LogP contribution in [-0.4, -0.2) is 13.2 Å². The largest absolute Gasteiger partial charge is 0.493 e. The summed E-state index contributed by atoms with van der Waals surface area (Å²) in [6.45, 7) is 1.33. The summed E-state index contributed by atoms with van der Waals surface area (Å²) in [4.78, 5) is 22.7. The monoisotopic (exact) mass is 462 g/mol. The number of rotatable bonds is 13. The molecule has 0 bridgehead atoms. The Morgan fingerprint density at radius 2 is 0.882 bits per heavy atom. The first-order valence-electron chi connectivity index (χ1n) is 12.0. The number of unbranched alkanes of at least 4 members (excludes halogenated alkanes) is 7. The Morgan fingerprint density at radius 3 is 1.32 bits per heavy atom. The SMILES string of the molecule is O=c1ccc2ccc(OCCCCCCCCCCOc3ccc4ccc(=O)oc4c3)cc2o1. The lowest BCUT2D eigenvalue weighted by atomic mass is 10.1. The Morgan fingerprint density at radius 1 is 0.500 bits per heavy atom. The Hall–Kier alpha value is -3.54. The molecule has 0 saturated carbocycles. The average Bonchev–Trinajstić information content (AvgIpc) is 2.84. The molecule has 0 fully saturated rings. The summed E-state index contributed by atoms with van der Waals surface area (Å²) in [5.74, 6) is 1.47. The van der Waals surface area contributed by atoms with Gasteiger partial charge in [0.15, 0.2) is 0 Å². The second-order valence-corrected chi connectivity index (χ2v) is 8.43. The van der Waals surface area contributed by atoms with Crippen LogP contribution in [0.5, 0.6) is 11.5 Å². The van der Waals surface area contributed by atoms with Gasteiger partial charge in [-0.25, -0.2) is 9.59 Å².